The number of aromatic nitrogens is 2. The Hall–Kier alpha value is -0.540. The van der Waals surface area contributed by atoms with E-state index in [1.54, 1.807) is 0 Å². The van der Waals surface area contributed by atoms with Gasteiger partial charge in [-0.1, -0.05) is 12.8 Å². The van der Waals surface area contributed by atoms with E-state index in [-0.39, 0.29) is 0 Å². The average Bonchev–Trinajstić information content (AvgIpc) is 2.63. The monoisotopic (exact) mass is 255 g/mol. The first kappa shape index (κ1) is 12.9. The number of nitrogens with zero attached hydrogens (tertiary/aromatic N) is 3. The van der Waals surface area contributed by atoms with Crippen LogP contribution >= 0.6 is 11.6 Å². The normalized spacial score (nSPS) is 22.6. The molecule has 1 fully saturated rings. The Morgan fingerprint density at radius 1 is 1.35 bits per heavy atom. The van der Waals surface area contributed by atoms with Crippen molar-refractivity contribution in [3.05, 3.63) is 18.2 Å². The standard InChI is InChI=1S/C13H22ClN3/c1-12-15-6-8-16(12)9-10-17-7-4-2-3-5-13(17)11-14/h6,8,13H,2-5,7,9-11H2,1H3. The molecular weight excluding hydrogens is 234 g/mol. The van der Waals surface area contributed by atoms with Gasteiger partial charge in [-0.3, -0.25) is 4.90 Å². The minimum absolute atomic E-state index is 0.572. The molecule has 0 radical (unpaired) electrons. The van der Waals surface area contributed by atoms with Crippen molar-refractivity contribution in [2.45, 2.75) is 45.2 Å². The van der Waals surface area contributed by atoms with E-state index in [0.29, 0.717) is 6.04 Å². The number of likely N-dealkylation sites (tertiary alicyclic amines) is 1. The fraction of sp³-hybridized carbons (Fsp3) is 0.769. The van der Waals surface area contributed by atoms with Crippen molar-refractivity contribution in [2.75, 3.05) is 19.0 Å². The predicted octanol–water partition coefficient (Wildman–Crippen LogP) is 2.67. The number of imidazole rings is 1. The minimum Gasteiger partial charge on any atom is -0.334 e. The Balaban J connectivity index is 1.89. The zero-order valence-electron chi connectivity index (χ0n) is 10.6. The molecule has 2 rings (SSSR count). The van der Waals surface area contributed by atoms with Gasteiger partial charge in [0.05, 0.1) is 0 Å². The molecule has 0 aromatic carbocycles. The molecule has 1 aliphatic heterocycles. The summed E-state index contributed by atoms with van der Waals surface area (Å²) in [7, 11) is 0. The molecular formula is C13H22ClN3. The first-order chi connectivity index (χ1) is 8.31. The molecule has 0 spiro atoms. The lowest BCUT2D eigenvalue weighted by molar-refractivity contribution is 0.207. The summed E-state index contributed by atoms with van der Waals surface area (Å²) in [4.78, 5) is 6.81. The Morgan fingerprint density at radius 2 is 2.24 bits per heavy atom. The number of halogens is 1. The molecule has 3 nitrogen and oxygen atoms in total. The highest BCUT2D eigenvalue weighted by molar-refractivity contribution is 6.18. The summed E-state index contributed by atoms with van der Waals surface area (Å²) >= 11 is 6.08. The van der Waals surface area contributed by atoms with E-state index in [1.165, 1.54) is 32.2 Å². The fourth-order valence-corrected chi connectivity index (χ4v) is 2.93. The van der Waals surface area contributed by atoms with Crippen molar-refractivity contribution < 1.29 is 0 Å². The van der Waals surface area contributed by atoms with Crippen LogP contribution in [-0.2, 0) is 6.54 Å². The lowest BCUT2D eigenvalue weighted by Crippen LogP contribution is -2.38. The first-order valence-corrected chi connectivity index (χ1v) is 7.12. The van der Waals surface area contributed by atoms with Crippen LogP contribution in [0.5, 0.6) is 0 Å². The van der Waals surface area contributed by atoms with Crippen LogP contribution in [-0.4, -0.2) is 39.5 Å². The third kappa shape index (κ3) is 3.46. The molecule has 2 heterocycles. The summed E-state index contributed by atoms with van der Waals surface area (Å²) in [6.07, 6.45) is 9.19. The third-order valence-electron chi connectivity index (χ3n) is 3.73. The van der Waals surface area contributed by atoms with Gasteiger partial charge in [-0.25, -0.2) is 4.98 Å². The van der Waals surface area contributed by atoms with Gasteiger partial charge in [0, 0.05) is 37.4 Å². The Bertz CT molecular complexity index is 337. The minimum atomic E-state index is 0.572. The van der Waals surface area contributed by atoms with Gasteiger partial charge in [0.25, 0.3) is 0 Å². The van der Waals surface area contributed by atoms with Gasteiger partial charge >= 0.3 is 0 Å². The van der Waals surface area contributed by atoms with E-state index in [9.17, 15) is 0 Å². The maximum Gasteiger partial charge on any atom is 0.105 e. The summed E-state index contributed by atoms with van der Waals surface area (Å²) in [5.41, 5.74) is 0. The van der Waals surface area contributed by atoms with Gasteiger partial charge in [0.1, 0.15) is 5.82 Å². The van der Waals surface area contributed by atoms with Crippen molar-refractivity contribution in [2.24, 2.45) is 0 Å². The molecule has 1 aromatic heterocycles. The molecule has 1 aromatic rings. The van der Waals surface area contributed by atoms with Crippen LogP contribution in [0, 0.1) is 6.92 Å². The molecule has 4 heteroatoms. The van der Waals surface area contributed by atoms with E-state index >= 15 is 0 Å². The van der Waals surface area contributed by atoms with E-state index in [0.717, 1.165) is 24.8 Å². The second kappa shape index (κ2) is 6.41. The summed E-state index contributed by atoms with van der Waals surface area (Å²) in [5.74, 6) is 1.87. The zero-order valence-corrected chi connectivity index (χ0v) is 11.4. The Morgan fingerprint density at radius 3 is 2.94 bits per heavy atom. The Kier molecular flexibility index (Phi) is 4.86. The molecule has 1 saturated heterocycles. The number of aryl methyl sites for hydroxylation is 1. The predicted molar refractivity (Wildman–Crippen MR) is 71.5 cm³/mol. The van der Waals surface area contributed by atoms with Gasteiger partial charge in [-0.2, -0.15) is 0 Å². The largest absolute Gasteiger partial charge is 0.334 e. The molecule has 0 bridgehead atoms. The fourth-order valence-electron chi connectivity index (χ4n) is 2.58. The van der Waals surface area contributed by atoms with E-state index in [4.69, 9.17) is 11.6 Å². The topological polar surface area (TPSA) is 21.1 Å². The maximum absolute atomic E-state index is 6.08. The van der Waals surface area contributed by atoms with Crippen molar-refractivity contribution in [1.29, 1.82) is 0 Å². The van der Waals surface area contributed by atoms with Crippen LogP contribution in [0.25, 0.3) is 0 Å². The summed E-state index contributed by atoms with van der Waals surface area (Å²) < 4.78 is 2.22. The van der Waals surface area contributed by atoms with Crippen LogP contribution in [0.1, 0.15) is 31.5 Å². The highest BCUT2D eigenvalue weighted by Crippen LogP contribution is 2.17. The lowest BCUT2D eigenvalue weighted by Gasteiger charge is -2.28. The SMILES string of the molecule is Cc1nccn1CCN1CCCCCC1CCl. The van der Waals surface area contributed by atoms with Gasteiger partial charge in [-0.15, -0.1) is 11.6 Å². The lowest BCUT2D eigenvalue weighted by atomic mass is 10.1. The van der Waals surface area contributed by atoms with Gasteiger partial charge in [0.2, 0.25) is 0 Å². The number of rotatable bonds is 4. The van der Waals surface area contributed by atoms with Crippen molar-refractivity contribution in [3.8, 4) is 0 Å². The van der Waals surface area contributed by atoms with Crippen LogP contribution in [0.4, 0.5) is 0 Å². The smallest absolute Gasteiger partial charge is 0.105 e. The summed E-state index contributed by atoms with van der Waals surface area (Å²) in [6.45, 7) is 5.38. The highest BCUT2D eigenvalue weighted by atomic mass is 35.5. The molecule has 1 aliphatic rings. The zero-order chi connectivity index (χ0) is 12.1. The number of hydrogen-bond donors (Lipinski definition) is 0. The maximum atomic E-state index is 6.08. The molecule has 0 amide bonds. The van der Waals surface area contributed by atoms with Gasteiger partial charge in [-0.05, 0) is 26.3 Å². The van der Waals surface area contributed by atoms with Crippen LogP contribution in [0.3, 0.4) is 0 Å². The Labute approximate surface area is 109 Å². The first-order valence-electron chi connectivity index (χ1n) is 6.59. The highest BCUT2D eigenvalue weighted by Gasteiger charge is 2.19. The van der Waals surface area contributed by atoms with Crippen molar-refractivity contribution in [1.82, 2.24) is 14.5 Å². The summed E-state index contributed by atoms with van der Waals surface area (Å²) in [6, 6.07) is 0.572. The molecule has 1 atom stereocenters. The second-order valence-electron chi connectivity index (χ2n) is 4.86. The molecule has 1 unspecified atom stereocenters. The van der Waals surface area contributed by atoms with Crippen LogP contribution < -0.4 is 0 Å². The average molecular weight is 256 g/mol. The van der Waals surface area contributed by atoms with E-state index < -0.39 is 0 Å². The van der Waals surface area contributed by atoms with E-state index in [2.05, 4.69) is 27.6 Å². The molecule has 0 aliphatic carbocycles. The van der Waals surface area contributed by atoms with Crippen molar-refractivity contribution in [3.63, 3.8) is 0 Å². The summed E-state index contributed by atoms with van der Waals surface area (Å²) in [5, 5.41) is 0. The van der Waals surface area contributed by atoms with Gasteiger partial charge in [0.15, 0.2) is 0 Å². The molecule has 17 heavy (non-hydrogen) atoms. The quantitative estimate of drug-likeness (QED) is 0.772. The van der Waals surface area contributed by atoms with Crippen LogP contribution in [0.15, 0.2) is 12.4 Å². The molecule has 96 valence electrons. The van der Waals surface area contributed by atoms with Crippen LogP contribution in [0.2, 0.25) is 0 Å². The second-order valence-corrected chi connectivity index (χ2v) is 5.17. The third-order valence-corrected chi connectivity index (χ3v) is 4.09. The molecule has 0 N–H and O–H groups in total. The van der Waals surface area contributed by atoms with E-state index in [1.807, 2.05) is 6.20 Å². The molecule has 0 saturated carbocycles. The number of alkyl halides is 1. The number of hydrogen-bond acceptors (Lipinski definition) is 2. The van der Waals surface area contributed by atoms with Gasteiger partial charge < -0.3 is 4.57 Å². The van der Waals surface area contributed by atoms with Crippen molar-refractivity contribution >= 4 is 11.6 Å².